The van der Waals surface area contributed by atoms with Crippen LogP contribution in [0, 0.1) is 0 Å². The van der Waals surface area contributed by atoms with Gasteiger partial charge in [0.1, 0.15) is 16.1 Å². The smallest absolute Gasteiger partial charge is 0.230 e. The maximum atomic E-state index is 12.1. The number of fused-ring (bicyclic) bond motifs is 1. The number of anilines is 1. The standard InChI is InChI=1S/C16H21N5O3S2/c22-12(17-8-11-2-1-5-24-11)9-25-15-13-14(18-10-19-15)20-16(26-13)21-3-6-23-7-4-21/h10-11H,1-9H2,(H,17,22)/t11-/m0/s1. The molecular weight excluding hydrogens is 374 g/mol. The van der Waals surface area contributed by atoms with Crippen molar-refractivity contribution in [3.63, 3.8) is 0 Å². The van der Waals surface area contributed by atoms with Gasteiger partial charge in [-0.15, -0.1) is 0 Å². The van der Waals surface area contributed by atoms with Gasteiger partial charge in [0.05, 0.1) is 25.1 Å². The minimum absolute atomic E-state index is 0.00446. The zero-order chi connectivity index (χ0) is 17.8. The summed E-state index contributed by atoms with van der Waals surface area (Å²) in [6.07, 6.45) is 3.76. The summed E-state index contributed by atoms with van der Waals surface area (Å²) in [7, 11) is 0. The lowest BCUT2D eigenvalue weighted by Crippen LogP contribution is -2.36. The van der Waals surface area contributed by atoms with E-state index < -0.39 is 0 Å². The number of amides is 1. The summed E-state index contributed by atoms with van der Waals surface area (Å²) in [5.74, 6) is 0.319. The lowest BCUT2D eigenvalue weighted by Gasteiger charge is -2.25. The van der Waals surface area contributed by atoms with Crippen molar-refractivity contribution in [3.8, 4) is 0 Å². The Bertz CT molecular complexity index is 759. The highest BCUT2D eigenvalue weighted by Gasteiger charge is 2.19. The molecule has 0 bridgehead atoms. The van der Waals surface area contributed by atoms with E-state index in [1.807, 2.05) is 0 Å². The first-order chi connectivity index (χ1) is 12.8. The fraction of sp³-hybridized carbons (Fsp3) is 0.625. The highest BCUT2D eigenvalue weighted by Crippen LogP contribution is 2.33. The van der Waals surface area contributed by atoms with Gasteiger partial charge >= 0.3 is 0 Å². The van der Waals surface area contributed by atoms with E-state index in [1.54, 1.807) is 11.3 Å². The van der Waals surface area contributed by atoms with E-state index in [0.717, 1.165) is 47.4 Å². The first kappa shape index (κ1) is 17.9. The number of aromatic nitrogens is 3. The number of morpholine rings is 1. The average molecular weight is 396 g/mol. The minimum atomic E-state index is -0.00446. The Balaban J connectivity index is 1.37. The number of ether oxygens (including phenoxy) is 2. The van der Waals surface area contributed by atoms with E-state index in [1.165, 1.54) is 18.1 Å². The molecule has 0 radical (unpaired) electrons. The lowest BCUT2D eigenvalue weighted by atomic mass is 10.2. The van der Waals surface area contributed by atoms with Gasteiger partial charge < -0.3 is 19.7 Å². The van der Waals surface area contributed by atoms with Gasteiger partial charge in [-0.1, -0.05) is 23.1 Å². The Morgan fingerprint density at radius 2 is 2.23 bits per heavy atom. The molecule has 2 saturated heterocycles. The molecule has 8 nitrogen and oxygen atoms in total. The van der Waals surface area contributed by atoms with Crippen LogP contribution >= 0.6 is 23.1 Å². The molecule has 4 rings (SSSR count). The van der Waals surface area contributed by atoms with Gasteiger partial charge in [0.15, 0.2) is 10.8 Å². The fourth-order valence-electron chi connectivity index (χ4n) is 2.93. The maximum Gasteiger partial charge on any atom is 0.230 e. The zero-order valence-corrected chi connectivity index (χ0v) is 16.0. The summed E-state index contributed by atoms with van der Waals surface area (Å²) in [6, 6.07) is 0. The summed E-state index contributed by atoms with van der Waals surface area (Å²) >= 11 is 3.00. The highest BCUT2D eigenvalue weighted by atomic mass is 32.2. The molecule has 2 fully saturated rings. The van der Waals surface area contributed by atoms with Crippen LogP contribution in [0.2, 0.25) is 0 Å². The van der Waals surface area contributed by atoms with Crippen molar-refractivity contribution in [3.05, 3.63) is 6.33 Å². The second-order valence-corrected chi connectivity index (χ2v) is 8.10. The second-order valence-electron chi connectivity index (χ2n) is 6.16. The molecule has 26 heavy (non-hydrogen) atoms. The van der Waals surface area contributed by atoms with Gasteiger partial charge in [-0.05, 0) is 12.8 Å². The summed E-state index contributed by atoms with van der Waals surface area (Å²) in [6.45, 7) is 4.48. The molecule has 0 aromatic carbocycles. The van der Waals surface area contributed by atoms with Crippen molar-refractivity contribution in [1.29, 1.82) is 0 Å². The topological polar surface area (TPSA) is 89.5 Å². The molecule has 0 unspecified atom stereocenters. The number of hydrogen-bond donors (Lipinski definition) is 1. The average Bonchev–Trinajstić information content (AvgIpc) is 3.35. The van der Waals surface area contributed by atoms with Gasteiger partial charge in [-0.3, -0.25) is 4.79 Å². The van der Waals surface area contributed by atoms with Crippen molar-refractivity contribution in [2.24, 2.45) is 0 Å². The van der Waals surface area contributed by atoms with E-state index in [-0.39, 0.29) is 12.0 Å². The first-order valence-electron chi connectivity index (χ1n) is 8.75. The molecule has 1 N–H and O–H groups in total. The molecule has 4 heterocycles. The third-order valence-corrected chi connectivity index (χ3v) is 6.55. The Kier molecular flexibility index (Phi) is 5.83. The van der Waals surface area contributed by atoms with Crippen LogP contribution < -0.4 is 10.2 Å². The van der Waals surface area contributed by atoms with Crippen molar-refractivity contribution < 1.29 is 14.3 Å². The number of nitrogens with zero attached hydrogens (tertiary/aromatic N) is 4. The molecule has 10 heteroatoms. The van der Waals surface area contributed by atoms with Crippen LogP contribution in [-0.2, 0) is 14.3 Å². The van der Waals surface area contributed by atoms with E-state index >= 15 is 0 Å². The molecular formula is C16H21N5O3S2. The van der Waals surface area contributed by atoms with E-state index in [9.17, 15) is 4.79 Å². The van der Waals surface area contributed by atoms with Gasteiger partial charge in [0.25, 0.3) is 0 Å². The van der Waals surface area contributed by atoms with Crippen LogP contribution in [0.5, 0.6) is 0 Å². The molecule has 2 aromatic rings. The Labute approximate surface area is 159 Å². The SMILES string of the molecule is O=C(CSc1ncnc2nc(N3CCOCC3)sc12)NC[C@@H]1CCCO1. The summed E-state index contributed by atoms with van der Waals surface area (Å²) < 4.78 is 11.9. The van der Waals surface area contributed by atoms with Crippen molar-refractivity contribution >= 4 is 44.5 Å². The predicted molar refractivity (Wildman–Crippen MR) is 101 cm³/mol. The van der Waals surface area contributed by atoms with Gasteiger partial charge in [0, 0.05) is 26.2 Å². The van der Waals surface area contributed by atoms with Gasteiger partial charge in [0.2, 0.25) is 5.91 Å². The predicted octanol–water partition coefficient (Wildman–Crippen LogP) is 1.31. The quantitative estimate of drug-likeness (QED) is 0.578. The van der Waals surface area contributed by atoms with Crippen molar-refractivity contribution in [2.45, 2.75) is 24.0 Å². The molecule has 1 amide bonds. The lowest BCUT2D eigenvalue weighted by molar-refractivity contribution is -0.119. The number of carbonyl (C=O) groups is 1. The first-order valence-corrected chi connectivity index (χ1v) is 10.5. The maximum absolute atomic E-state index is 12.1. The van der Waals surface area contributed by atoms with Crippen molar-refractivity contribution in [1.82, 2.24) is 20.3 Å². The van der Waals surface area contributed by atoms with E-state index in [4.69, 9.17) is 9.47 Å². The minimum Gasteiger partial charge on any atom is -0.378 e. The molecule has 1 atom stereocenters. The Hall–Kier alpha value is -1.49. The molecule has 2 aliphatic heterocycles. The molecule has 0 aliphatic carbocycles. The molecule has 0 saturated carbocycles. The second kappa shape index (κ2) is 8.47. The van der Waals surface area contributed by atoms with Crippen LogP contribution in [0.1, 0.15) is 12.8 Å². The highest BCUT2D eigenvalue weighted by molar-refractivity contribution is 8.00. The molecule has 2 aliphatic rings. The fourth-order valence-corrected chi connectivity index (χ4v) is 4.90. The monoisotopic (exact) mass is 395 g/mol. The van der Waals surface area contributed by atoms with Crippen LogP contribution in [0.15, 0.2) is 11.4 Å². The third kappa shape index (κ3) is 4.25. The van der Waals surface area contributed by atoms with Gasteiger partial charge in [-0.25, -0.2) is 9.97 Å². The van der Waals surface area contributed by atoms with E-state index in [0.29, 0.717) is 31.2 Å². The Morgan fingerprint density at radius 1 is 1.35 bits per heavy atom. The normalized spacial score (nSPS) is 20.6. The van der Waals surface area contributed by atoms with Crippen LogP contribution in [-0.4, -0.2) is 72.2 Å². The van der Waals surface area contributed by atoms with Crippen LogP contribution in [0.4, 0.5) is 5.13 Å². The van der Waals surface area contributed by atoms with Crippen molar-refractivity contribution in [2.75, 3.05) is 50.1 Å². The number of rotatable bonds is 6. The zero-order valence-electron chi connectivity index (χ0n) is 14.3. The van der Waals surface area contributed by atoms with E-state index in [2.05, 4.69) is 25.2 Å². The largest absolute Gasteiger partial charge is 0.378 e. The summed E-state index contributed by atoms with van der Waals surface area (Å²) in [5, 5.41) is 4.68. The van der Waals surface area contributed by atoms with Crippen LogP contribution in [0.25, 0.3) is 10.3 Å². The molecule has 0 spiro atoms. The Morgan fingerprint density at radius 3 is 3.04 bits per heavy atom. The third-order valence-electron chi connectivity index (χ3n) is 4.32. The number of thiazole rings is 1. The summed E-state index contributed by atoms with van der Waals surface area (Å²) in [5.41, 5.74) is 0.689. The number of nitrogens with one attached hydrogen (secondary N) is 1. The summed E-state index contributed by atoms with van der Waals surface area (Å²) in [4.78, 5) is 27.5. The number of carbonyl (C=O) groups excluding carboxylic acids is 1. The molecule has 140 valence electrons. The van der Waals surface area contributed by atoms with Crippen LogP contribution in [0.3, 0.4) is 0 Å². The van der Waals surface area contributed by atoms with Gasteiger partial charge in [-0.2, -0.15) is 4.98 Å². The molecule has 2 aromatic heterocycles. The number of hydrogen-bond acceptors (Lipinski definition) is 9. The number of thioether (sulfide) groups is 1.